The maximum absolute atomic E-state index is 15.0. The zero-order valence-corrected chi connectivity index (χ0v) is 29.6. The van der Waals surface area contributed by atoms with Gasteiger partial charge in [0.05, 0.1) is 22.3 Å². The van der Waals surface area contributed by atoms with Crippen molar-refractivity contribution in [2.75, 3.05) is 18.9 Å². The second-order valence-corrected chi connectivity index (χ2v) is 14.1. The number of nitrogens with one attached hydrogen (secondary N) is 2. The van der Waals surface area contributed by atoms with Gasteiger partial charge in [0.2, 0.25) is 5.91 Å². The van der Waals surface area contributed by atoms with Crippen molar-refractivity contribution in [3.63, 3.8) is 0 Å². The van der Waals surface area contributed by atoms with Crippen LogP contribution in [0.5, 0.6) is 0 Å². The van der Waals surface area contributed by atoms with Crippen LogP contribution >= 0.6 is 12.8 Å². The smallest absolute Gasteiger partial charge is 0.416 e. The lowest BCUT2D eigenvalue weighted by Crippen LogP contribution is -2.47. The Morgan fingerprint density at radius 1 is 1.04 bits per heavy atom. The van der Waals surface area contributed by atoms with Crippen molar-refractivity contribution in [3.05, 3.63) is 83.4 Å². The molecular formula is C37H42F5N5O3S. The van der Waals surface area contributed by atoms with Gasteiger partial charge in [-0.25, -0.2) is 13.8 Å². The summed E-state index contributed by atoms with van der Waals surface area (Å²) in [5.74, 6) is -1.35. The van der Waals surface area contributed by atoms with Gasteiger partial charge in [-0.2, -0.15) is 13.2 Å². The first-order valence-electron chi connectivity index (χ1n) is 16.7. The van der Waals surface area contributed by atoms with Crippen molar-refractivity contribution < 1.29 is 36.6 Å². The number of carbonyl (C=O) groups excluding carboxylic acids is 1. The van der Waals surface area contributed by atoms with E-state index < -0.39 is 35.1 Å². The van der Waals surface area contributed by atoms with Crippen molar-refractivity contribution in [3.8, 4) is 11.1 Å². The molecule has 4 atom stereocenters. The van der Waals surface area contributed by atoms with E-state index in [1.807, 2.05) is 20.9 Å². The van der Waals surface area contributed by atoms with E-state index in [4.69, 9.17) is 9.90 Å². The summed E-state index contributed by atoms with van der Waals surface area (Å²) in [6, 6.07) is 16.7. The highest BCUT2D eigenvalue weighted by Gasteiger charge is 2.58. The summed E-state index contributed by atoms with van der Waals surface area (Å²) in [7, 11) is 3.73. The van der Waals surface area contributed by atoms with Crippen LogP contribution in [0, 0.1) is 24.6 Å². The molecule has 14 heteroatoms. The van der Waals surface area contributed by atoms with Crippen molar-refractivity contribution in [2.45, 2.75) is 69.4 Å². The first-order valence-corrected chi connectivity index (χ1v) is 17.1. The molecule has 274 valence electrons. The highest BCUT2D eigenvalue weighted by molar-refractivity contribution is 7.78. The number of halogens is 5. The molecule has 8 rings (SSSR count). The maximum atomic E-state index is 15.0. The van der Waals surface area contributed by atoms with Crippen LogP contribution < -0.4 is 10.0 Å². The van der Waals surface area contributed by atoms with E-state index in [9.17, 15) is 26.7 Å². The van der Waals surface area contributed by atoms with Gasteiger partial charge in [0, 0.05) is 31.6 Å². The van der Waals surface area contributed by atoms with Crippen molar-refractivity contribution >= 4 is 41.9 Å². The number of fused-ring (bicyclic) bond motifs is 2. The Labute approximate surface area is 299 Å². The normalized spacial score (nSPS) is 25.6. The van der Waals surface area contributed by atoms with Gasteiger partial charge in [-0.3, -0.25) is 19.2 Å². The Morgan fingerprint density at radius 2 is 1.67 bits per heavy atom. The number of anilines is 1. The lowest BCUT2D eigenvalue weighted by atomic mass is 9.67. The third kappa shape index (κ3) is 8.07. The van der Waals surface area contributed by atoms with E-state index in [1.165, 1.54) is 0 Å². The van der Waals surface area contributed by atoms with Crippen LogP contribution in [0.2, 0.25) is 0 Å². The molecule has 0 spiro atoms. The van der Waals surface area contributed by atoms with Gasteiger partial charge in [0.25, 0.3) is 6.47 Å². The number of thiol groups is 1. The molecular weight excluding hydrogens is 689 g/mol. The number of hydrogen-bond acceptors (Lipinski definition) is 6. The molecule has 2 aliphatic heterocycles. The van der Waals surface area contributed by atoms with Crippen LogP contribution in [-0.2, 0) is 22.8 Å². The average molecular weight is 732 g/mol. The molecule has 4 aliphatic rings. The Morgan fingerprint density at radius 3 is 2.24 bits per heavy atom. The van der Waals surface area contributed by atoms with Gasteiger partial charge in [-0.05, 0) is 98.5 Å². The molecule has 4 fully saturated rings. The highest BCUT2D eigenvalue weighted by atomic mass is 32.1. The van der Waals surface area contributed by atoms with Gasteiger partial charge in [-0.15, -0.1) is 0 Å². The molecule has 1 amide bonds. The number of amides is 1. The van der Waals surface area contributed by atoms with Crippen LogP contribution in [0.1, 0.15) is 55.5 Å². The number of carbonyl (C=O) groups is 2. The number of nitrogens with zero attached hydrogens (tertiary/aromatic N) is 3. The molecule has 2 bridgehead atoms. The number of rotatable bonds is 5. The molecule has 2 saturated carbocycles. The highest BCUT2D eigenvalue weighted by Crippen LogP contribution is 2.52. The van der Waals surface area contributed by atoms with Gasteiger partial charge < -0.3 is 15.0 Å². The summed E-state index contributed by atoms with van der Waals surface area (Å²) in [5.41, 5.74) is 2.56. The van der Waals surface area contributed by atoms with Gasteiger partial charge >= 0.3 is 6.18 Å². The Hall–Kier alpha value is -4.01. The quantitative estimate of drug-likeness (QED) is 0.0952. The Kier molecular flexibility index (Phi) is 11.5. The van der Waals surface area contributed by atoms with Crippen LogP contribution in [-0.4, -0.2) is 63.3 Å². The zero-order chi connectivity index (χ0) is 37.2. The monoisotopic (exact) mass is 731 g/mol. The minimum absolute atomic E-state index is 0.0275. The first kappa shape index (κ1) is 38.2. The summed E-state index contributed by atoms with van der Waals surface area (Å²) in [5, 5.41) is 9.46. The Balaban J connectivity index is 0.000000787. The van der Waals surface area contributed by atoms with E-state index in [0.717, 1.165) is 52.1 Å². The fraction of sp³-hybridized carbons (Fsp3) is 0.432. The van der Waals surface area contributed by atoms with Crippen LogP contribution in [0.3, 0.4) is 0 Å². The molecule has 2 saturated heterocycles. The number of carboxylic acid groups (broad SMARTS) is 1. The van der Waals surface area contributed by atoms with E-state index in [-0.39, 0.29) is 36.1 Å². The molecule has 3 aromatic carbocycles. The van der Waals surface area contributed by atoms with Gasteiger partial charge in [-0.1, -0.05) is 50.1 Å². The predicted molar refractivity (Wildman–Crippen MR) is 190 cm³/mol. The fourth-order valence-corrected chi connectivity index (χ4v) is 7.92. The number of hydrogen-bond donors (Lipinski definition) is 4. The minimum Gasteiger partial charge on any atom is -0.483 e. The lowest BCUT2D eigenvalue weighted by molar-refractivity contribution is -0.137. The summed E-state index contributed by atoms with van der Waals surface area (Å²) in [6.45, 7) is 4.07. The molecule has 2 aliphatic carbocycles. The SMILES string of the molecule is CNS.Cc1nc2cc(-c3ccc(C4C[C@H](N5CC6(F)CC5C6)CC(C(=O)Nc5ccc(C(F)(F)F)cc5F)[C@@H]4C)cc3)ccc2n1C.O=CO. The summed E-state index contributed by atoms with van der Waals surface area (Å²) >= 11 is 3.54. The second-order valence-electron chi connectivity index (χ2n) is 13.6. The fourth-order valence-electron chi connectivity index (χ4n) is 7.92. The topological polar surface area (TPSA) is 99.5 Å². The van der Waals surface area contributed by atoms with E-state index >= 15 is 0 Å². The molecule has 4 aromatic rings. The number of alkyl halides is 4. The third-order valence-electron chi connectivity index (χ3n) is 10.6. The standard InChI is InChI=1S/C35H35F5N4O.CH5NS.CH2O2/c1-19-27(22-6-4-21(5-7-22)23-8-11-32-31(12-23)41-20(2)43(32)3)14-25(44-18-34(37)16-26(44)17-34)15-28(19)33(45)42-30-10-9-24(13-29(30)36)35(38,39)40;1-2-3;2-1-3/h4-13,19,25-28H,14-18H2,1-3H3,(H,42,45);2-3H,1H3;1H,(H,2,3)/t19-,25+,26?,27?,28?,34?;;/m1../s1. The van der Waals surface area contributed by atoms with Crippen LogP contribution in [0.15, 0.2) is 60.7 Å². The van der Waals surface area contributed by atoms with Crippen LogP contribution in [0.4, 0.5) is 27.6 Å². The number of aromatic nitrogens is 2. The van der Waals surface area contributed by atoms with Crippen molar-refractivity contribution in [2.24, 2.45) is 18.9 Å². The Bertz CT molecular complexity index is 1860. The summed E-state index contributed by atoms with van der Waals surface area (Å²) in [4.78, 5) is 28.9. The van der Waals surface area contributed by atoms with E-state index in [0.29, 0.717) is 31.9 Å². The molecule has 1 aromatic heterocycles. The number of benzene rings is 3. The predicted octanol–water partition coefficient (Wildman–Crippen LogP) is 7.78. The van der Waals surface area contributed by atoms with E-state index in [2.05, 4.69) is 79.8 Å². The maximum Gasteiger partial charge on any atom is 0.416 e. The second kappa shape index (κ2) is 15.3. The third-order valence-corrected chi connectivity index (χ3v) is 10.6. The molecule has 0 radical (unpaired) electrons. The molecule has 3 N–H and O–H groups in total. The summed E-state index contributed by atoms with van der Waals surface area (Å²) in [6.07, 6.45) is -2.45. The van der Waals surface area contributed by atoms with Crippen molar-refractivity contribution in [1.29, 1.82) is 0 Å². The molecule has 2 unspecified atom stereocenters. The number of aryl methyl sites for hydroxylation is 2. The average Bonchev–Trinajstić information content (AvgIpc) is 3.69. The first-order chi connectivity index (χ1) is 24.1. The van der Waals surface area contributed by atoms with Crippen LogP contribution in [0.25, 0.3) is 22.2 Å². The number of imidazole rings is 1. The minimum atomic E-state index is -4.69. The molecule has 51 heavy (non-hydrogen) atoms. The zero-order valence-electron chi connectivity index (χ0n) is 28.7. The largest absolute Gasteiger partial charge is 0.483 e. The summed E-state index contributed by atoms with van der Waals surface area (Å²) < 4.78 is 73.4. The van der Waals surface area contributed by atoms with E-state index in [1.54, 1.807) is 7.05 Å². The van der Waals surface area contributed by atoms with Gasteiger partial charge in [0.1, 0.15) is 17.3 Å². The molecule has 8 nitrogen and oxygen atoms in total. The molecule has 3 heterocycles. The lowest BCUT2D eigenvalue weighted by Gasteiger charge is -2.44. The van der Waals surface area contributed by atoms with Crippen molar-refractivity contribution in [1.82, 2.24) is 19.2 Å². The van der Waals surface area contributed by atoms with Gasteiger partial charge in [0.15, 0.2) is 0 Å².